The summed E-state index contributed by atoms with van der Waals surface area (Å²) in [6, 6.07) is 5.60. The quantitative estimate of drug-likeness (QED) is 0.923. The maximum Gasteiger partial charge on any atom is 0.124 e. The third-order valence-corrected chi connectivity index (χ3v) is 3.69. The van der Waals surface area contributed by atoms with Crippen LogP contribution in [0.25, 0.3) is 0 Å². The molecule has 2 rings (SSSR count). The first-order valence-corrected chi connectivity index (χ1v) is 6.79. The monoisotopic (exact) mass is 300 g/mol. The average molecular weight is 301 g/mol. The number of benzene rings is 1. The SMILES string of the molecule is CN1CCC(NCc2cc(F)cc(Br)c2)CC1. The number of rotatable bonds is 3. The van der Waals surface area contributed by atoms with Crippen LogP contribution in [-0.2, 0) is 6.54 Å². The first-order chi connectivity index (χ1) is 8.13. The van der Waals surface area contributed by atoms with Gasteiger partial charge in [-0.05, 0) is 56.7 Å². The zero-order valence-corrected chi connectivity index (χ0v) is 11.6. The predicted octanol–water partition coefficient (Wildman–Crippen LogP) is 2.77. The first kappa shape index (κ1) is 13.0. The van der Waals surface area contributed by atoms with Crippen molar-refractivity contribution in [2.24, 2.45) is 0 Å². The highest BCUT2D eigenvalue weighted by Gasteiger charge is 2.15. The van der Waals surface area contributed by atoms with Gasteiger partial charge < -0.3 is 10.2 Å². The van der Waals surface area contributed by atoms with Gasteiger partial charge in [0, 0.05) is 17.1 Å². The van der Waals surface area contributed by atoms with Gasteiger partial charge in [0.1, 0.15) is 5.82 Å². The molecule has 1 N–H and O–H groups in total. The van der Waals surface area contributed by atoms with Crippen molar-refractivity contribution in [3.8, 4) is 0 Å². The molecule has 0 radical (unpaired) electrons. The minimum atomic E-state index is -0.181. The Labute approximate surface area is 110 Å². The lowest BCUT2D eigenvalue weighted by molar-refractivity contribution is 0.234. The maximum absolute atomic E-state index is 13.2. The van der Waals surface area contributed by atoms with Crippen LogP contribution in [0.1, 0.15) is 18.4 Å². The molecule has 1 aromatic carbocycles. The molecular weight excluding hydrogens is 283 g/mol. The molecule has 0 aliphatic carbocycles. The minimum absolute atomic E-state index is 0.181. The molecule has 0 atom stereocenters. The second kappa shape index (κ2) is 5.94. The normalized spacial score (nSPS) is 18.5. The standard InChI is InChI=1S/C13H18BrFN2/c1-17-4-2-13(3-5-17)16-9-10-6-11(14)8-12(15)7-10/h6-8,13,16H,2-5,9H2,1H3. The fourth-order valence-electron chi connectivity index (χ4n) is 2.19. The second-order valence-electron chi connectivity index (χ2n) is 4.74. The summed E-state index contributed by atoms with van der Waals surface area (Å²) in [4.78, 5) is 2.34. The Morgan fingerprint density at radius 1 is 1.35 bits per heavy atom. The van der Waals surface area contributed by atoms with Gasteiger partial charge in [0.2, 0.25) is 0 Å². The van der Waals surface area contributed by atoms with E-state index in [-0.39, 0.29) is 5.82 Å². The Morgan fingerprint density at radius 3 is 2.71 bits per heavy atom. The summed E-state index contributed by atoms with van der Waals surface area (Å²) in [7, 11) is 2.15. The molecule has 2 nitrogen and oxygen atoms in total. The van der Waals surface area contributed by atoms with Gasteiger partial charge in [-0.25, -0.2) is 4.39 Å². The van der Waals surface area contributed by atoms with E-state index in [1.54, 1.807) is 6.07 Å². The molecule has 0 unspecified atom stereocenters. The van der Waals surface area contributed by atoms with Crippen molar-refractivity contribution >= 4 is 15.9 Å². The smallest absolute Gasteiger partial charge is 0.124 e. The highest BCUT2D eigenvalue weighted by atomic mass is 79.9. The molecular formula is C13H18BrFN2. The van der Waals surface area contributed by atoms with Crippen molar-refractivity contribution in [1.82, 2.24) is 10.2 Å². The van der Waals surface area contributed by atoms with Crippen molar-refractivity contribution in [1.29, 1.82) is 0 Å². The van der Waals surface area contributed by atoms with Crippen molar-refractivity contribution in [2.45, 2.75) is 25.4 Å². The maximum atomic E-state index is 13.2. The number of hydrogen-bond donors (Lipinski definition) is 1. The van der Waals surface area contributed by atoms with E-state index in [4.69, 9.17) is 0 Å². The Morgan fingerprint density at radius 2 is 2.06 bits per heavy atom. The fourth-order valence-corrected chi connectivity index (χ4v) is 2.70. The third-order valence-electron chi connectivity index (χ3n) is 3.24. The largest absolute Gasteiger partial charge is 0.310 e. The van der Waals surface area contributed by atoms with Crippen LogP contribution >= 0.6 is 15.9 Å². The number of halogens is 2. The first-order valence-electron chi connectivity index (χ1n) is 6.00. The van der Waals surface area contributed by atoms with E-state index in [0.717, 1.165) is 29.7 Å². The summed E-state index contributed by atoms with van der Waals surface area (Å²) in [6.07, 6.45) is 2.35. The van der Waals surface area contributed by atoms with Crippen LogP contribution in [0.5, 0.6) is 0 Å². The van der Waals surface area contributed by atoms with E-state index in [1.165, 1.54) is 18.9 Å². The van der Waals surface area contributed by atoms with Gasteiger partial charge in [0.25, 0.3) is 0 Å². The molecule has 4 heteroatoms. The molecule has 1 saturated heterocycles. The second-order valence-corrected chi connectivity index (χ2v) is 5.65. The summed E-state index contributed by atoms with van der Waals surface area (Å²) in [5.74, 6) is -0.181. The number of likely N-dealkylation sites (tertiary alicyclic amines) is 1. The lowest BCUT2D eigenvalue weighted by Crippen LogP contribution is -2.40. The molecule has 0 spiro atoms. The zero-order valence-electron chi connectivity index (χ0n) is 10.0. The van der Waals surface area contributed by atoms with Crippen LogP contribution in [0.15, 0.2) is 22.7 Å². The van der Waals surface area contributed by atoms with E-state index in [9.17, 15) is 4.39 Å². The van der Waals surface area contributed by atoms with Crippen LogP contribution in [0.2, 0.25) is 0 Å². The molecule has 0 aromatic heterocycles. The van der Waals surface area contributed by atoms with Crippen LogP contribution in [-0.4, -0.2) is 31.1 Å². The highest BCUT2D eigenvalue weighted by molar-refractivity contribution is 9.10. The molecule has 0 saturated carbocycles. The van der Waals surface area contributed by atoms with E-state index in [1.807, 2.05) is 6.07 Å². The predicted molar refractivity (Wildman–Crippen MR) is 71.5 cm³/mol. The molecule has 0 amide bonds. The van der Waals surface area contributed by atoms with Gasteiger partial charge in [0.05, 0.1) is 0 Å². The lowest BCUT2D eigenvalue weighted by atomic mass is 10.1. The summed E-state index contributed by atoms with van der Waals surface area (Å²) < 4.78 is 14.0. The van der Waals surface area contributed by atoms with Gasteiger partial charge >= 0.3 is 0 Å². The van der Waals surface area contributed by atoms with Crippen LogP contribution in [0.4, 0.5) is 4.39 Å². The van der Waals surface area contributed by atoms with E-state index >= 15 is 0 Å². The van der Waals surface area contributed by atoms with E-state index in [0.29, 0.717) is 6.04 Å². The van der Waals surface area contributed by atoms with Crippen molar-refractivity contribution < 1.29 is 4.39 Å². The Hall–Kier alpha value is -0.450. The molecule has 0 bridgehead atoms. The summed E-state index contributed by atoms with van der Waals surface area (Å²) in [5.41, 5.74) is 0.996. The molecule has 1 aromatic rings. The third kappa shape index (κ3) is 4.05. The Balaban J connectivity index is 1.85. The Bertz CT molecular complexity index is 355. The molecule has 1 aliphatic heterocycles. The minimum Gasteiger partial charge on any atom is -0.310 e. The number of nitrogens with zero attached hydrogens (tertiary/aromatic N) is 1. The van der Waals surface area contributed by atoms with Gasteiger partial charge in [-0.2, -0.15) is 0 Å². The molecule has 17 heavy (non-hydrogen) atoms. The highest BCUT2D eigenvalue weighted by Crippen LogP contribution is 2.15. The van der Waals surface area contributed by atoms with Crippen LogP contribution < -0.4 is 5.32 Å². The molecule has 1 fully saturated rings. The van der Waals surface area contributed by atoms with Crippen molar-refractivity contribution in [2.75, 3.05) is 20.1 Å². The number of nitrogens with one attached hydrogen (secondary N) is 1. The summed E-state index contributed by atoms with van der Waals surface area (Å²) in [5, 5.41) is 3.50. The summed E-state index contributed by atoms with van der Waals surface area (Å²) in [6.45, 7) is 3.03. The lowest BCUT2D eigenvalue weighted by Gasteiger charge is -2.29. The van der Waals surface area contributed by atoms with E-state index in [2.05, 4.69) is 33.2 Å². The Kier molecular flexibility index (Phi) is 4.54. The van der Waals surface area contributed by atoms with Crippen LogP contribution in [0, 0.1) is 5.82 Å². The molecule has 94 valence electrons. The molecule has 1 aliphatic rings. The van der Waals surface area contributed by atoms with Gasteiger partial charge in [0.15, 0.2) is 0 Å². The summed E-state index contributed by atoms with van der Waals surface area (Å²) >= 11 is 3.31. The molecule has 1 heterocycles. The van der Waals surface area contributed by atoms with Gasteiger partial charge in [-0.15, -0.1) is 0 Å². The number of piperidine rings is 1. The van der Waals surface area contributed by atoms with E-state index < -0.39 is 0 Å². The van der Waals surface area contributed by atoms with Crippen molar-refractivity contribution in [3.63, 3.8) is 0 Å². The average Bonchev–Trinajstić information content (AvgIpc) is 2.27. The fraction of sp³-hybridized carbons (Fsp3) is 0.538. The number of hydrogen-bond acceptors (Lipinski definition) is 2. The zero-order chi connectivity index (χ0) is 12.3. The van der Waals surface area contributed by atoms with Gasteiger partial charge in [-0.1, -0.05) is 15.9 Å². The topological polar surface area (TPSA) is 15.3 Å². The van der Waals surface area contributed by atoms with Crippen molar-refractivity contribution in [3.05, 3.63) is 34.1 Å². The van der Waals surface area contributed by atoms with Crippen LogP contribution in [0.3, 0.4) is 0 Å². The van der Waals surface area contributed by atoms with Gasteiger partial charge in [-0.3, -0.25) is 0 Å².